The van der Waals surface area contributed by atoms with E-state index >= 15 is 0 Å². The van der Waals surface area contributed by atoms with Gasteiger partial charge in [0.15, 0.2) is 5.76 Å². The fraction of sp³-hybridized carbons (Fsp3) is 0.333. The Kier molecular flexibility index (Phi) is 3.28. The molecule has 1 heterocycles. The molecule has 1 aromatic rings. The number of aliphatic carboxylic acids is 1. The highest BCUT2D eigenvalue weighted by Crippen LogP contribution is 2.00. The van der Waals surface area contributed by atoms with E-state index in [4.69, 9.17) is 9.52 Å². The number of carbonyl (C=O) groups is 2. The van der Waals surface area contributed by atoms with Crippen molar-refractivity contribution >= 4 is 11.9 Å². The number of hydrogen-bond donors (Lipinski definition) is 2. The minimum Gasteiger partial charge on any atom is -0.481 e. The number of carbonyl (C=O) groups excluding carboxylic acids is 1. The second-order valence-corrected chi connectivity index (χ2v) is 2.95. The molecule has 5 nitrogen and oxygen atoms in total. The monoisotopic (exact) mass is 197 g/mol. The van der Waals surface area contributed by atoms with Gasteiger partial charge in [-0.2, -0.15) is 0 Å². The Bertz CT molecular complexity index is 318. The van der Waals surface area contributed by atoms with E-state index in [2.05, 4.69) is 5.32 Å². The summed E-state index contributed by atoms with van der Waals surface area (Å²) in [5.74, 6) is -1.16. The summed E-state index contributed by atoms with van der Waals surface area (Å²) in [7, 11) is 0. The van der Waals surface area contributed by atoms with E-state index < -0.39 is 17.9 Å². The Hall–Kier alpha value is -1.78. The molecule has 1 aromatic heterocycles. The van der Waals surface area contributed by atoms with Gasteiger partial charge in [-0.3, -0.25) is 9.59 Å². The van der Waals surface area contributed by atoms with Gasteiger partial charge >= 0.3 is 5.97 Å². The van der Waals surface area contributed by atoms with E-state index in [1.165, 1.54) is 12.3 Å². The van der Waals surface area contributed by atoms with Gasteiger partial charge < -0.3 is 14.8 Å². The zero-order valence-electron chi connectivity index (χ0n) is 7.69. The topological polar surface area (TPSA) is 79.5 Å². The Morgan fingerprint density at radius 2 is 2.36 bits per heavy atom. The van der Waals surface area contributed by atoms with Crippen LogP contribution >= 0.6 is 0 Å². The lowest BCUT2D eigenvalue weighted by molar-refractivity contribution is -0.137. The third-order valence-corrected chi connectivity index (χ3v) is 1.60. The first kappa shape index (κ1) is 10.3. The van der Waals surface area contributed by atoms with Crippen LogP contribution in [0.2, 0.25) is 0 Å². The zero-order valence-corrected chi connectivity index (χ0v) is 7.69. The molecule has 2 N–H and O–H groups in total. The van der Waals surface area contributed by atoms with Crippen LogP contribution < -0.4 is 5.32 Å². The van der Waals surface area contributed by atoms with Crippen LogP contribution in [-0.4, -0.2) is 23.0 Å². The molecule has 1 amide bonds. The number of amides is 1. The van der Waals surface area contributed by atoms with E-state index in [0.717, 1.165) is 0 Å². The standard InChI is InChI=1S/C9H11NO4/c1-6(5-8(11)12)10-9(13)7-3-2-4-14-7/h2-4,6H,5H2,1H3,(H,10,13)(H,11,12). The van der Waals surface area contributed by atoms with Crippen molar-refractivity contribution in [2.45, 2.75) is 19.4 Å². The van der Waals surface area contributed by atoms with Crippen LogP contribution in [-0.2, 0) is 4.79 Å². The molecular weight excluding hydrogens is 186 g/mol. The van der Waals surface area contributed by atoms with Crippen LogP contribution in [0.4, 0.5) is 0 Å². The summed E-state index contributed by atoms with van der Waals surface area (Å²) in [6, 6.07) is 2.70. The quantitative estimate of drug-likeness (QED) is 0.750. The van der Waals surface area contributed by atoms with Crippen molar-refractivity contribution in [3.05, 3.63) is 24.2 Å². The van der Waals surface area contributed by atoms with Crippen LogP contribution in [0.25, 0.3) is 0 Å². The number of hydrogen-bond acceptors (Lipinski definition) is 3. The van der Waals surface area contributed by atoms with Crippen molar-refractivity contribution in [3.63, 3.8) is 0 Å². The number of carboxylic acid groups (broad SMARTS) is 1. The first-order chi connectivity index (χ1) is 6.59. The van der Waals surface area contributed by atoms with Crippen LogP contribution in [0.3, 0.4) is 0 Å². The van der Waals surface area contributed by atoms with Gasteiger partial charge in [-0.05, 0) is 19.1 Å². The van der Waals surface area contributed by atoms with Gasteiger partial charge in [0.05, 0.1) is 12.7 Å². The van der Waals surface area contributed by atoms with E-state index in [0.29, 0.717) is 0 Å². The molecule has 0 aliphatic heterocycles. The van der Waals surface area contributed by atoms with Gasteiger partial charge in [-0.1, -0.05) is 0 Å². The molecule has 0 fully saturated rings. The lowest BCUT2D eigenvalue weighted by atomic mass is 10.2. The van der Waals surface area contributed by atoms with Crippen molar-refractivity contribution in [1.82, 2.24) is 5.32 Å². The second-order valence-electron chi connectivity index (χ2n) is 2.95. The first-order valence-electron chi connectivity index (χ1n) is 4.15. The molecule has 5 heteroatoms. The smallest absolute Gasteiger partial charge is 0.305 e. The van der Waals surface area contributed by atoms with Crippen molar-refractivity contribution < 1.29 is 19.1 Å². The summed E-state index contributed by atoms with van der Waals surface area (Å²) in [5.41, 5.74) is 0. The summed E-state index contributed by atoms with van der Waals surface area (Å²) in [6.07, 6.45) is 1.28. The fourth-order valence-electron chi connectivity index (χ4n) is 1.02. The number of carboxylic acids is 1. The number of rotatable bonds is 4. The molecule has 0 saturated heterocycles. The fourth-order valence-corrected chi connectivity index (χ4v) is 1.02. The third kappa shape index (κ3) is 2.93. The highest BCUT2D eigenvalue weighted by molar-refractivity contribution is 5.91. The average molecular weight is 197 g/mol. The summed E-state index contributed by atoms with van der Waals surface area (Å²) < 4.78 is 4.84. The van der Waals surface area contributed by atoms with Gasteiger partial charge in [0.2, 0.25) is 0 Å². The molecule has 0 radical (unpaired) electrons. The second kappa shape index (κ2) is 4.45. The van der Waals surface area contributed by atoms with E-state index in [9.17, 15) is 9.59 Å². The Balaban J connectivity index is 2.45. The van der Waals surface area contributed by atoms with Crippen LogP contribution in [0.15, 0.2) is 22.8 Å². The molecule has 0 aromatic carbocycles. The molecule has 14 heavy (non-hydrogen) atoms. The summed E-state index contributed by atoms with van der Waals surface area (Å²) in [5, 5.41) is 11.0. The van der Waals surface area contributed by atoms with E-state index in [1.807, 2.05) is 0 Å². The highest BCUT2D eigenvalue weighted by Gasteiger charge is 2.13. The van der Waals surface area contributed by atoms with Crippen molar-refractivity contribution in [3.8, 4) is 0 Å². The van der Waals surface area contributed by atoms with Gasteiger partial charge in [0.1, 0.15) is 0 Å². The predicted octanol–water partition coefficient (Wildman–Crippen LogP) is 0.873. The normalized spacial score (nSPS) is 12.1. The van der Waals surface area contributed by atoms with Crippen LogP contribution in [0, 0.1) is 0 Å². The molecular formula is C9H11NO4. The Morgan fingerprint density at radius 3 is 2.86 bits per heavy atom. The third-order valence-electron chi connectivity index (χ3n) is 1.60. The minimum atomic E-state index is -0.947. The Labute approximate surface area is 80.7 Å². The minimum absolute atomic E-state index is 0.105. The SMILES string of the molecule is CC(CC(=O)O)NC(=O)c1ccco1. The Morgan fingerprint density at radius 1 is 1.64 bits per heavy atom. The highest BCUT2D eigenvalue weighted by atomic mass is 16.4. The molecule has 0 bridgehead atoms. The molecule has 1 atom stereocenters. The maximum absolute atomic E-state index is 11.3. The molecule has 1 rings (SSSR count). The van der Waals surface area contributed by atoms with Crippen molar-refractivity contribution in [1.29, 1.82) is 0 Å². The van der Waals surface area contributed by atoms with Gasteiger partial charge in [-0.15, -0.1) is 0 Å². The largest absolute Gasteiger partial charge is 0.481 e. The maximum atomic E-state index is 11.3. The number of nitrogens with one attached hydrogen (secondary N) is 1. The van der Waals surface area contributed by atoms with E-state index in [1.54, 1.807) is 13.0 Å². The zero-order chi connectivity index (χ0) is 10.6. The first-order valence-corrected chi connectivity index (χ1v) is 4.15. The molecule has 0 aliphatic carbocycles. The maximum Gasteiger partial charge on any atom is 0.305 e. The molecule has 0 saturated carbocycles. The van der Waals surface area contributed by atoms with Gasteiger partial charge in [0, 0.05) is 6.04 Å². The van der Waals surface area contributed by atoms with Crippen molar-refractivity contribution in [2.24, 2.45) is 0 Å². The van der Waals surface area contributed by atoms with Crippen LogP contribution in [0.5, 0.6) is 0 Å². The number of furan rings is 1. The molecule has 1 unspecified atom stereocenters. The van der Waals surface area contributed by atoms with Crippen LogP contribution in [0.1, 0.15) is 23.9 Å². The lowest BCUT2D eigenvalue weighted by Gasteiger charge is -2.09. The summed E-state index contributed by atoms with van der Waals surface area (Å²) in [4.78, 5) is 21.6. The van der Waals surface area contributed by atoms with Gasteiger partial charge in [-0.25, -0.2) is 0 Å². The molecule has 0 spiro atoms. The molecule has 76 valence electrons. The summed E-state index contributed by atoms with van der Waals surface area (Å²) in [6.45, 7) is 1.62. The van der Waals surface area contributed by atoms with Crippen molar-refractivity contribution in [2.75, 3.05) is 0 Å². The van der Waals surface area contributed by atoms with Gasteiger partial charge in [0.25, 0.3) is 5.91 Å². The average Bonchev–Trinajstić information content (AvgIpc) is 2.53. The van der Waals surface area contributed by atoms with E-state index in [-0.39, 0.29) is 12.2 Å². The predicted molar refractivity (Wildman–Crippen MR) is 47.9 cm³/mol. The lowest BCUT2D eigenvalue weighted by Crippen LogP contribution is -2.33. The molecule has 0 aliphatic rings. The summed E-state index contributed by atoms with van der Waals surface area (Å²) >= 11 is 0.